The van der Waals surface area contributed by atoms with Crippen LogP contribution in [0.4, 0.5) is 0 Å². The molecule has 1 heterocycles. The fourth-order valence-electron chi connectivity index (χ4n) is 2.51. The van der Waals surface area contributed by atoms with Crippen LogP contribution in [0.5, 0.6) is 0 Å². The number of aryl methyl sites for hydroxylation is 1. The van der Waals surface area contributed by atoms with Crippen molar-refractivity contribution in [3.8, 4) is 0 Å². The van der Waals surface area contributed by atoms with Crippen molar-refractivity contribution in [2.45, 2.75) is 58.8 Å². The second-order valence-corrected chi connectivity index (χ2v) is 8.64. The van der Waals surface area contributed by atoms with Gasteiger partial charge < -0.3 is 5.32 Å². The first kappa shape index (κ1) is 19.2. The molecule has 0 radical (unpaired) electrons. The third-order valence-corrected chi connectivity index (χ3v) is 4.21. The van der Waals surface area contributed by atoms with Crippen LogP contribution in [0, 0.1) is 0 Å². The molecule has 1 N–H and O–H groups in total. The van der Waals surface area contributed by atoms with E-state index in [9.17, 15) is 4.79 Å². The maximum atomic E-state index is 12.6. The number of nitrogens with one attached hydrogen (secondary N) is 1. The van der Waals surface area contributed by atoms with Crippen LogP contribution in [0.15, 0.2) is 24.5 Å². The number of carbonyl (C=O) groups is 1. The zero-order valence-electron chi connectivity index (χ0n) is 16.5. The second-order valence-electron chi connectivity index (χ2n) is 8.64. The molecule has 0 aliphatic rings. The van der Waals surface area contributed by atoms with E-state index in [-0.39, 0.29) is 16.7 Å². The van der Waals surface area contributed by atoms with Crippen molar-refractivity contribution < 1.29 is 4.79 Å². The standard InChI is InChI=1S/C20H30N4O/c1-19(2,3)15-10-14(11-16(12-15)20(4,5)6)18(25)21-9-8-17-22-13-24(7)23-17/h10-13H,8-9H2,1-7H3,(H,21,25). The molecule has 0 aliphatic heterocycles. The lowest BCUT2D eigenvalue weighted by molar-refractivity contribution is 0.0953. The average molecular weight is 342 g/mol. The molecule has 0 fully saturated rings. The van der Waals surface area contributed by atoms with Crippen LogP contribution >= 0.6 is 0 Å². The van der Waals surface area contributed by atoms with Gasteiger partial charge in [-0.3, -0.25) is 9.48 Å². The first-order valence-electron chi connectivity index (χ1n) is 8.75. The van der Waals surface area contributed by atoms with Gasteiger partial charge >= 0.3 is 0 Å². The average Bonchev–Trinajstić information content (AvgIpc) is 2.90. The molecule has 136 valence electrons. The van der Waals surface area contributed by atoms with Gasteiger partial charge in [0.15, 0.2) is 5.82 Å². The number of benzene rings is 1. The number of amides is 1. The Hall–Kier alpha value is -2.17. The van der Waals surface area contributed by atoms with Crippen LogP contribution in [-0.2, 0) is 24.3 Å². The van der Waals surface area contributed by atoms with Crippen LogP contribution in [-0.4, -0.2) is 27.2 Å². The zero-order chi connectivity index (χ0) is 18.8. The highest BCUT2D eigenvalue weighted by Gasteiger charge is 2.22. The van der Waals surface area contributed by atoms with Crippen molar-refractivity contribution in [1.29, 1.82) is 0 Å². The molecule has 0 bridgehead atoms. The first-order valence-corrected chi connectivity index (χ1v) is 8.75. The smallest absolute Gasteiger partial charge is 0.251 e. The molecule has 5 nitrogen and oxygen atoms in total. The lowest BCUT2D eigenvalue weighted by atomic mass is 9.79. The third-order valence-electron chi connectivity index (χ3n) is 4.21. The number of aromatic nitrogens is 3. The molecule has 0 aliphatic carbocycles. The molecule has 0 spiro atoms. The number of nitrogens with zero attached hydrogens (tertiary/aromatic N) is 3. The molecule has 25 heavy (non-hydrogen) atoms. The van der Waals surface area contributed by atoms with Crippen molar-refractivity contribution >= 4 is 5.91 Å². The SMILES string of the molecule is Cn1cnc(CCNC(=O)c2cc(C(C)(C)C)cc(C(C)(C)C)c2)n1. The molecule has 1 amide bonds. The minimum atomic E-state index is -0.0486. The number of hydrogen-bond acceptors (Lipinski definition) is 3. The monoisotopic (exact) mass is 342 g/mol. The van der Waals surface area contributed by atoms with E-state index in [0.717, 1.165) is 5.82 Å². The molecular formula is C20H30N4O. The van der Waals surface area contributed by atoms with Crippen molar-refractivity contribution in [1.82, 2.24) is 20.1 Å². The summed E-state index contributed by atoms with van der Waals surface area (Å²) in [5.41, 5.74) is 3.06. The highest BCUT2D eigenvalue weighted by Crippen LogP contribution is 2.30. The molecule has 2 rings (SSSR count). The Bertz CT molecular complexity index is 716. The summed E-state index contributed by atoms with van der Waals surface area (Å²) < 4.78 is 1.67. The lowest BCUT2D eigenvalue weighted by Gasteiger charge is -2.26. The normalized spacial score (nSPS) is 12.3. The van der Waals surface area contributed by atoms with Gasteiger partial charge in [0.05, 0.1) is 0 Å². The molecule has 0 atom stereocenters. The van der Waals surface area contributed by atoms with Gasteiger partial charge in [-0.2, -0.15) is 5.10 Å². The highest BCUT2D eigenvalue weighted by molar-refractivity contribution is 5.94. The van der Waals surface area contributed by atoms with E-state index in [4.69, 9.17) is 0 Å². The minimum absolute atomic E-state index is 0.00579. The fraction of sp³-hybridized carbons (Fsp3) is 0.550. The lowest BCUT2D eigenvalue weighted by Crippen LogP contribution is -2.27. The maximum absolute atomic E-state index is 12.6. The molecule has 1 aromatic heterocycles. The predicted molar refractivity (Wildman–Crippen MR) is 101 cm³/mol. The Labute approximate surface area is 150 Å². The van der Waals surface area contributed by atoms with E-state index in [1.807, 2.05) is 19.2 Å². The van der Waals surface area contributed by atoms with Crippen molar-refractivity contribution in [2.75, 3.05) is 6.54 Å². The Morgan fingerprint density at radius 2 is 1.60 bits per heavy atom. The summed E-state index contributed by atoms with van der Waals surface area (Å²) in [4.78, 5) is 16.8. The molecular weight excluding hydrogens is 312 g/mol. The second kappa shape index (κ2) is 6.98. The summed E-state index contributed by atoms with van der Waals surface area (Å²) in [6.45, 7) is 13.5. The third kappa shape index (κ3) is 5.15. The summed E-state index contributed by atoms with van der Waals surface area (Å²) in [6, 6.07) is 6.22. The highest BCUT2D eigenvalue weighted by atomic mass is 16.1. The molecule has 2 aromatic rings. The van der Waals surface area contributed by atoms with Crippen molar-refractivity contribution in [3.05, 3.63) is 47.0 Å². The Morgan fingerprint density at radius 1 is 1.04 bits per heavy atom. The Balaban J connectivity index is 2.17. The van der Waals surface area contributed by atoms with E-state index >= 15 is 0 Å². The number of rotatable bonds is 4. The molecule has 5 heteroatoms. The molecule has 0 saturated carbocycles. The molecule has 0 unspecified atom stereocenters. The zero-order valence-corrected chi connectivity index (χ0v) is 16.5. The first-order chi connectivity index (χ1) is 11.5. The van der Waals surface area contributed by atoms with Crippen LogP contribution < -0.4 is 5.32 Å². The summed E-state index contributed by atoms with van der Waals surface area (Å²) in [5.74, 6) is 0.689. The van der Waals surface area contributed by atoms with Gasteiger partial charge in [-0.25, -0.2) is 4.98 Å². The van der Waals surface area contributed by atoms with Crippen LogP contribution in [0.2, 0.25) is 0 Å². The summed E-state index contributed by atoms with van der Waals surface area (Å²) in [5, 5.41) is 7.21. The van der Waals surface area contributed by atoms with Crippen LogP contribution in [0.3, 0.4) is 0 Å². The van der Waals surface area contributed by atoms with E-state index < -0.39 is 0 Å². The molecule has 0 saturated heterocycles. The number of hydrogen-bond donors (Lipinski definition) is 1. The minimum Gasteiger partial charge on any atom is -0.352 e. The Kier molecular flexibility index (Phi) is 5.35. The Morgan fingerprint density at radius 3 is 2.04 bits per heavy atom. The van der Waals surface area contributed by atoms with Gasteiger partial charge in [0.2, 0.25) is 0 Å². The van der Waals surface area contributed by atoms with Gasteiger partial charge in [-0.05, 0) is 34.1 Å². The van der Waals surface area contributed by atoms with E-state index in [2.05, 4.69) is 63.0 Å². The summed E-state index contributed by atoms with van der Waals surface area (Å²) in [6.07, 6.45) is 2.29. The van der Waals surface area contributed by atoms with Crippen molar-refractivity contribution in [3.63, 3.8) is 0 Å². The summed E-state index contributed by atoms with van der Waals surface area (Å²) in [7, 11) is 1.83. The van der Waals surface area contributed by atoms with E-state index in [1.54, 1.807) is 11.0 Å². The maximum Gasteiger partial charge on any atom is 0.251 e. The van der Waals surface area contributed by atoms with Gasteiger partial charge in [0, 0.05) is 25.6 Å². The van der Waals surface area contributed by atoms with Gasteiger partial charge in [-0.1, -0.05) is 47.6 Å². The van der Waals surface area contributed by atoms with Crippen molar-refractivity contribution in [2.24, 2.45) is 7.05 Å². The quantitative estimate of drug-likeness (QED) is 0.926. The van der Waals surface area contributed by atoms with E-state index in [1.165, 1.54) is 11.1 Å². The fourth-order valence-corrected chi connectivity index (χ4v) is 2.51. The van der Waals surface area contributed by atoms with Gasteiger partial charge in [0.1, 0.15) is 6.33 Å². The largest absolute Gasteiger partial charge is 0.352 e. The van der Waals surface area contributed by atoms with Gasteiger partial charge in [-0.15, -0.1) is 0 Å². The van der Waals surface area contributed by atoms with Crippen LogP contribution in [0.25, 0.3) is 0 Å². The summed E-state index contributed by atoms with van der Waals surface area (Å²) >= 11 is 0. The number of carbonyl (C=O) groups excluding carboxylic acids is 1. The van der Waals surface area contributed by atoms with E-state index in [0.29, 0.717) is 18.5 Å². The van der Waals surface area contributed by atoms with Gasteiger partial charge in [0.25, 0.3) is 5.91 Å². The topological polar surface area (TPSA) is 59.8 Å². The van der Waals surface area contributed by atoms with Crippen LogP contribution in [0.1, 0.15) is 68.9 Å². The molecule has 1 aromatic carbocycles. The predicted octanol–water partition coefficient (Wildman–Crippen LogP) is 3.38.